The lowest BCUT2D eigenvalue weighted by molar-refractivity contribution is 0.0646. The van der Waals surface area contributed by atoms with Crippen molar-refractivity contribution in [1.29, 1.82) is 0 Å². The zero-order chi connectivity index (χ0) is 18.7. The van der Waals surface area contributed by atoms with Gasteiger partial charge in [-0.25, -0.2) is 8.42 Å². The van der Waals surface area contributed by atoms with Gasteiger partial charge < -0.3 is 15.4 Å². The van der Waals surface area contributed by atoms with Gasteiger partial charge in [-0.3, -0.25) is 4.99 Å². The number of sulfone groups is 1. The van der Waals surface area contributed by atoms with Crippen molar-refractivity contribution >= 4 is 39.8 Å². The highest BCUT2D eigenvalue weighted by atomic mass is 127. The Morgan fingerprint density at radius 3 is 2.46 bits per heavy atom. The van der Waals surface area contributed by atoms with Gasteiger partial charge in [-0.05, 0) is 32.3 Å². The smallest absolute Gasteiger partial charge is 0.191 e. The summed E-state index contributed by atoms with van der Waals surface area (Å²) in [6.45, 7) is 5.39. The lowest BCUT2D eigenvalue weighted by Gasteiger charge is -2.18. The van der Waals surface area contributed by atoms with Crippen LogP contribution in [0.1, 0.15) is 38.4 Å². The quantitative estimate of drug-likeness (QED) is 0.225. The fourth-order valence-electron chi connectivity index (χ4n) is 2.25. The second-order valence-electron chi connectivity index (χ2n) is 6.24. The average Bonchev–Trinajstić information content (AvgIpc) is 2.58. The van der Waals surface area contributed by atoms with Crippen LogP contribution in [0.5, 0.6) is 0 Å². The molecule has 0 aliphatic heterocycles. The largest absolute Gasteiger partial charge is 0.374 e. The molecule has 2 N–H and O–H groups in total. The molecule has 1 aromatic rings. The second kappa shape index (κ2) is 13.3. The molecule has 150 valence electrons. The number of nitrogens with one attached hydrogen (secondary N) is 2. The van der Waals surface area contributed by atoms with Crippen molar-refractivity contribution in [2.75, 3.05) is 32.2 Å². The van der Waals surface area contributed by atoms with Gasteiger partial charge in [0.2, 0.25) is 0 Å². The van der Waals surface area contributed by atoms with E-state index < -0.39 is 9.84 Å². The Morgan fingerprint density at radius 1 is 1.23 bits per heavy atom. The van der Waals surface area contributed by atoms with Crippen molar-refractivity contribution < 1.29 is 13.2 Å². The summed E-state index contributed by atoms with van der Waals surface area (Å²) < 4.78 is 28.2. The molecule has 0 aliphatic carbocycles. The number of hydrogen-bond acceptors (Lipinski definition) is 4. The molecular weight excluding hydrogens is 465 g/mol. The minimum atomic E-state index is -2.93. The summed E-state index contributed by atoms with van der Waals surface area (Å²) in [4.78, 5) is 4.16. The third kappa shape index (κ3) is 11.7. The van der Waals surface area contributed by atoms with E-state index in [1.165, 1.54) is 11.8 Å². The number of nitrogens with zero attached hydrogens (tertiary/aromatic N) is 1. The number of hydrogen-bond donors (Lipinski definition) is 2. The molecule has 0 aliphatic rings. The number of rotatable bonds is 10. The van der Waals surface area contributed by atoms with Crippen LogP contribution in [0.3, 0.4) is 0 Å². The Labute approximate surface area is 175 Å². The number of halogens is 1. The first-order valence-corrected chi connectivity index (χ1v) is 10.7. The molecule has 0 amide bonds. The minimum Gasteiger partial charge on any atom is -0.374 e. The predicted octanol–water partition coefficient (Wildman–Crippen LogP) is 2.76. The monoisotopic (exact) mass is 497 g/mol. The van der Waals surface area contributed by atoms with E-state index in [4.69, 9.17) is 4.74 Å². The van der Waals surface area contributed by atoms with Crippen molar-refractivity contribution in [3.63, 3.8) is 0 Å². The van der Waals surface area contributed by atoms with Gasteiger partial charge in [-0.15, -0.1) is 24.0 Å². The molecule has 0 saturated carbocycles. The van der Waals surface area contributed by atoms with Crippen molar-refractivity contribution in [3.8, 4) is 0 Å². The fourth-order valence-corrected chi connectivity index (χ4v) is 3.03. The maximum atomic E-state index is 11.2. The van der Waals surface area contributed by atoms with E-state index in [0.717, 1.165) is 13.0 Å². The number of aliphatic imine (C=N–C) groups is 1. The molecule has 0 spiro atoms. The molecule has 0 radical (unpaired) electrons. The summed E-state index contributed by atoms with van der Waals surface area (Å²) in [5.41, 5.74) is 1.17. The Hall–Kier alpha value is -0.870. The molecule has 0 aromatic heterocycles. The highest BCUT2D eigenvalue weighted by molar-refractivity contribution is 14.0. The topological polar surface area (TPSA) is 79.8 Å². The summed E-state index contributed by atoms with van der Waals surface area (Å²) in [5.74, 6) is 0.848. The third-order valence-electron chi connectivity index (χ3n) is 3.78. The normalized spacial score (nSPS) is 14.2. The van der Waals surface area contributed by atoms with Gasteiger partial charge in [-0.1, -0.05) is 30.3 Å². The lowest BCUT2D eigenvalue weighted by atomic mass is 10.1. The van der Waals surface area contributed by atoms with E-state index in [-0.39, 0.29) is 41.9 Å². The lowest BCUT2D eigenvalue weighted by Crippen LogP contribution is -2.43. The first-order valence-electron chi connectivity index (χ1n) is 8.63. The minimum absolute atomic E-state index is 0. The predicted molar refractivity (Wildman–Crippen MR) is 119 cm³/mol. The zero-order valence-electron chi connectivity index (χ0n) is 16.1. The van der Waals surface area contributed by atoms with Gasteiger partial charge in [0.25, 0.3) is 0 Å². The van der Waals surface area contributed by atoms with Gasteiger partial charge in [-0.2, -0.15) is 0 Å². The summed E-state index contributed by atoms with van der Waals surface area (Å²) in [6.07, 6.45) is 2.74. The van der Waals surface area contributed by atoms with Crippen LogP contribution in [0.25, 0.3) is 0 Å². The summed E-state index contributed by atoms with van der Waals surface area (Å²) in [6, 6.07) is 10.2. The van der Waals surface area contributed by atoms with Crippen LogP contribution in [0.2, 0.25) is 0 Å². The van der Waals surface area contributed by atoms with Gasteiger partial charge >= 0.3 is 0 Å². The molecule has 8 heteroatoms. The average molecular weight is 497 g/mol. The van der Waals surface area contributed by atoms with Crippen LogP contribution in [0, 0.1) is 0 Å². The van der Waals surface area contributed by atoms with Crippen LogP contribution >= 0.6 is 24.0 Å². The number of guanidine groups is 1. The van der Waals surface area contributed by atoms with Gasteiger partial charge in [0, 0.05) is 32.5 Å². The first kappa shape index (κ1) is 25.1. The number of ether oxygens (including phenoxy) is 1. The van der Waals surface area contributed by atoms with Crippen LogP contribution in [-0.4, -0.2) is 52.6 Å². The van der Waals surface area contributed by atoms with Crippen LogP contribution in [0.4, 0.5) is 0 Å². The molecule has 0 heterocycles. The SMILES string of the molecule is CN=C(NCCCOC(C)c1ccccc1)NC(C)CCS(C)(=O)=O.I. The Morgan fingerprint density at radius 2 is 1.88 bits per heavy atom. The fraction of sp³-hybridized carbons (Fsp3) is 0.611. The van der Waals surface area contributed by atoms with Gasteiger partial charge in [0.1, 0.15) is 9.84 Å². The standard InChI is InChI=1S/C18H31N3O3S.HI/c1-15(11-14-25(4,22)23)21-18(19-3)20-12-8-13-24-16(2)17-9-6-5-7-10-17;/h5-7,9-10,15-16H,8,11-14H2,1-4H3,(H2,19,20,21);1H. The third-order valence-corrected chi connectivity index (χ3v) is 4.76. The highest BCUT2D eigenvalue weighted by Gasteiger charge is 2.09. The van der Waals surface area contributed by atoms with Crippen LogP contribution in [0.15, 0.2) is 35.3 Å². The Bertz CT molecular complexity index is 624. The maximum Gasteiger partial charge on any atom is 0.191 e. The molecule has 0 bridgehead atoms. The van der Waals surface area contributed by atoms with E-state index >= 15 is 0 Å². The van der Waals surface area contributed by atoms with E-state index in [1.807, 2.05) is 32.0 Å². The van der Waals surface area contributed by atoms with Crippen molar-refractivity contribution in [1.82, 2.24) is 10.6 Å². The molecule has 2 unspecified atom stereocenters. The summed E-state index contributed by atoms with van der Waals surface area (Å²) in [7, 11) is -1.23. The maximum absolute atomic E-state index is 11.2. The second-order valence-corrected chi connectivity index (χ2v) is 8.50. The molecule has 6 nitrogen and oxygen atoms in total. The summed E-state index contributed by atoms with van der Waals surface area (Å²) in [5, 5.41) is 6.42. The molecule has 2 atom stereocenters. The highest BCUT2D eigenvalue weighted by Crippen LogP contribution is 2.15. The van der Waals surface area contributed by atoms with Crippen molar-refractivity contribution in [2.24, 2.45) is 4.99 Å². The van der Waals surface area contributed by atoms with Gasteiger partial charge in [0.05, 0.1) is 11.9 Å². The molecule has 0 saturated heterocycles. The zero-order valence-corrected chi connectivity index (χ0v) is 19.2. The Kier molecular flexibility index (Phi) is 12.9. The van der Waals surface area contributed by atoms with Crippen LogP contribution in [-0.2, 0) is 14.6 Å². The van der Waals surface area contributed by atoms with E-state index in [9.17, 15) is 8.42 Å². The Balaban J connectivity index is 0.00000625. The molecule has 26 heavy (non-hydrogen) atoms. The molecular formula is C18H32IN3O3S. The molecule has 0 fully saturated rings. The van der Waals surface area contributed by atoms with E-state index in [2.05, 4.69) is 27.8 Å². The number of benzene rings is 1. The first-order chi connectivity index (χ1) is 11.8. The van der Waals surface area contributed by atoms with Gasteiger partial charge in [0.15, 0.2) is 5.96 Å². The van der Waals surface area contributed by atoms with Crippen molar-refractivity contribution in [3.05, 3.63) is 35.9 Å². The summed E-state index contributed by atoms with van der Waals surface area (Å²) >= 11 is 0. The van der Waals surface area contributed by atoms with Crippen molar-refractivity contribution in [2.45, 2.75) is 38.8 Å². The van der Waals surface area contributed by atoms with E-state index in [0.29, 0.717) is 19.0 Å². The van der Waals surface area contributed by atoms with E-state index in [1.54, 1.807) is 7.05 Å². The molecule has 1 aromatic carbocycles. The molecule has 1 rings (SSSR count). The van der Waals surface area contributed by atoms with Crippen LogP contribution < -0.4 is 10.6 Å².